The van der Waals surface area contributed by atoms with Crippen LogP contribution in [0.4, 0.5) is 0 Å². The fourth-order valence-electron chi connectivity index (χ4n) is 2.46. The molecule has 1 rings (SSSR count). The number of hydrogen-bond acceptors (Lipinski definition) is 2. The predicted molar refractivity (Wildman–Crippen MR) is 79.8 cm³/mol. The summed E-state index contributed by atoms with van der Waals surface area (Å²) in [5.74, 6) is 0. The van der Waals surface area contributed by atoms with E-state index in [1.54, 1.807) is 0 Å². The lowest BCUT2D eigenvalue weighted by molar-refractivity contribution is 0.387. The Morgan fingerprint density at radius 3 is 2.44 bits per heavy atom. The fraction of sp³-hybridized carbons (Fsp3) is 0.625. The van der Waals surface area contributed by atoms with Crippen LogP contribution in [0.25, 0.3) is 0 Å². The molecule has 0 aliphatic rings. The molecular formula is C16H28N2. The predicted octanol–water partition coefficient (Wildman–Crippen LogP) is 3.07. The lowest BCUT2D eigenvalue weighted by Crippen LogP contribution is -2.34. The molecule has 0 heterocycles. The molecule has 0 aliphatic carbocycles. The first-order valence-electron chi connectivity index (χ1n) is 7.05. The second-order valence-corrected chi connectivity index (χ2v) is 5.80. The van der Waals surface area contributed by atoms with Gasteiger partial charge in [0.2, 0.25) is 0 Å². The summed E-state index contributed by atoms with van der Waals surface area (Å²) in [7, 11) is 0. The number of benzene rings is 1. The number of unbranched alkanes of at least 4 members (excludes halogenated alkanes) is 1. The Balaban J connectivity index is 2.40. The summed E-state index contributed by atoms with van der Waals surface area (Å²) in [6.45, 7) is 8.78. The number of hydrogen-bond donors (Lipinski definition) is 2. The van der Waals surface area contributed by atoms with Crippen LogP contribution in [0.5, 0.6) is 0 Å². The van der Waals surface area contributed by atoms with Crippen LogP contribution in [0.3, 0.4) is 0 Å². The van der Waals surface area contributed by atoms with Crippen LogP contribution in [0.1, 0.15) is 45.6 Å². The molecule has 1 unspecified atom stereocenters. The summed E-state index contributed by atoms with van der Waals surface area (Å²) in [4.78, 5) is 0. The summed E-state index contributed by atoms with van der Waals surface area (Å²) >= 11 is 0. The van der Waals surface area contributed by atoms with Gasteiger partial charge in [0.1, 0.15) is 0 Å². The van der Waals surface area contributed by atoms with Gasteiger partial charge in [-0.25, -0.2) is 0 Å². The quantitative estimate of drug-likeness (QED) is 0.694. The van der Waals surface area contributed by atoms with E-state index in [1.165, 1.54) is 12.0 Å². The highest BCUT2D eigenvalue weighted by Crippen LogP contribution is 2.27. The van der Waals surface area contributed by atoms with Gasteiger partial charge in [-0.15, -0.1) is 0 Å². The molecular weight excluding hydrogens is 220 g/mol. The third kappa shape index (κ3) is 5.19. The van der Waals surface area contributed by atoms with Gasteiger partial charge in [-0.3, -0.25) is 0 Å². The zero-order chi connectivity index (χ0) is 13.4. The van der Waals surface area contributed by atoms with Crippen LogP contribution in [0, 0.1) is 0 Å². The molecule has 2 nitrogen and oxygen atoms in total. The minimum atomic E-state index is 0.224. The standard InChI is InChI=1S/C16H28N2/c1-14(18-12-8-7-11-17)13-16(2,3)15-9-5-4-6-10-15/h4-6,9-10,14,18H,7-8,11-13,17H2,1-3H3. The molecule has 0 spiro atoms. The Kier molecular flexibility index (Phi) is 6.37. The molecule has 2 heteroatoms. The van der Waals surface area contributed by atoms with Crippen LogP contribution >= 0.6 is 0 Å². The van der Waals surface area contributed by atoms with Crippen LogP contribution < -0.4 is 11.1 Å². The number of rotatable bonds is 8. The van der Waals surface area contributed by atoms with Crippen molar-refractivity contribution in [1.29, 1.82) is 0 Å². The summed E-state index contributed by atoms with van der Waals surface area (Å²) in [6.07, 6.45) is 3.44. The molecule has 3 N–H and O–H groups in total. The Hall–Kier alpha value is -0.860. The van der Waals surface area contributed by atoms with Crippen molar-refractivity contribution < 1.29 is 0 Å². The Morgan fingerprint density at radius 1 is 1.17 bits per heavy atom. The van der Waals surface area contributed by atoms with Gasteiger partial charge in [-0.1, -0.05) is 44.2 Å². The van der Waals surface area contributed by atoms with Crippen LogP contribution in [0.15, 0.2) is 30.3 Å². The van der Waals surface area contributed by atoms with Gasteiger partial charge in [0.25, 0.3) is 0 Å². The lowest BCUT2D eigenvalue weighted by atomic mass is 9.79. The molecule has 18 heavy (non-hydrogen) atoms. The monoisotopic (exact) mass is 248 g/mol. The first-order chi connectivity index (χ1) is 8.56. The Morgan fingerprint density at radius 2 is 1.83 bits per heavy atom. The third-order valence-electron chi connectivity index (χ3n) is 3.50. The Bertz CT molecular complexity index is 319. The average Bonchev–Trinajstić information content (AvgIpc) is 2.35. The SMILES string of the molecule is CC(CC(C)(C)c1ccccc1)NCCCCN. The van der Waals surface area contributed by atoms with E-state index in [0.717, 1.165) is 25.9 Å². The lowest BCUT2D eigenvalue weighted by Gasteiger charge is -2.29. The molecule has 0 amide bonds. The van der Waals surface area contributed by atoms with Gasteiger partial charge in [0.05, 0.1) is 0 Å². The fourth-order valence-corrected chi connectivity index (χ4v) is 2.46. The second kappa shape index (κ2) is 7.55. The van der Waals surface area contributed by atoms with E-state index in [2.05, 4.69) is 56.4 Å². The van der Waals surface area contributed by atoms with Gasteiger partial charge in [0, 0.05) is 6.04 Å². The smallest absolute Gasteiger partial charge is 0.00470 e. The minimum absolute atomic E-state index is 0.224. The molecule has 102 valence electrons. The normalized spacial score (nSPS) is 13.6. The first kappa shape index (κ1) is 15.2. The molecule has 0 saturated carbocycles. The summed E-state index contributed by atoms with van der Waals surface area (Å²) in [6, 6.07) is 11.3. The number of nitrogens with one attached hydrogen (secondary N) is 1. The van der Waals surface area contributed by atoms with Crippen molar-refractivity contribution in [2.75, 3.05) is 13.1 Å². The maximum atomic E-state index is 5.50. The van der Waals surface area contributed by atoms with Crippen molar-refractivity contribution in [3.05, 3.63) is 35.9 Å². The summed E-state index contributed by atoms with van der Waals surface area (Å²) < 4.78 is 0. The molecule has 1 atom stereocenters. The van der Waals surface area contributed by atoms with Gasteiger partial charge < -0.3 is 11.1 Å². The highest BCUT2D eigenvalue weighted by Gasteiger charge is 2.22. The Labute approximate surface area is 112 Å². The molecule has 0 bridgehead atoms. The first-order valence-corrected chi connectivity index (χ1v) is 7.05. The third-order valence-corrected chi connectivity index (χ3v) is 3.50. The van der Waals surface area contributed by atoms with Crippen molar-refractivity contribution in [2.45, 2.75) is 51.5 Å². The maximum absolute atomic E-state index is 5.50. The van der Waals surface area contributed by atoms with E-state index in [1.807, 2.05) is 0 Å². The molecule has 0 aliphatic heterocycles. The minimum Gasteiger partial charge on any atom is -0.330 e. The molecule has 0 saturated heterocycles. The van der Waals surface area contributed by atoms with E-state index in [4.69, 9.17) is 5.73 Å². The maximum Gasteiger partial charge on any atom is 0.00470 e. The molecule has 0 radical (unpaired) electrons. The van der Waals surface area contributed by atoms with Crippen LogP contribution in [-0.4, -0.2) is 19.1 Å². The zero-order valence-corrected chi connectivity index (χ0v) is 12.1. The second-order valence-electron chi connectivity index (χ2n) is 5.80. The van der Waals surface area contributed by atoms with Gasteiger partial charge in [-0.2, -0.15) is 0 Å². The topological polar surface area (TPSA) is 38.0 Å². The van der Waals surface area contributed by atoms with Crippen molar-refractivity contribution >= 4 is 0 Å². The van der Waals surface area contributed by atoms with Gasteiger partial charge in [-0.05, 0) is 50.3 Å². The van der Waals surface area contributed by atoms with Gasteiger partial charge >= 0.3 is 0 Å². The van der Waals surface area contributed by atoms with E-state index in [0.29, 0.717) is 6.04 Å². The van der Waals surface area contributed by atoms with Crippen molar-refractivity contribution in [3.63, 3.8) is 0 Å². The van der Waals surface area contributed by atoms with E-state index >= 15 is 0 Å². The average molecular weight is 248 g/mol. The van der Waals surface area contributed by atoms with E-state index in [9.17, 15) is 0 Å². The van der Waals surface area contributed by atoms with Crippen molar-refractivity contribution in [3.8, 4) is 0 Å². The number of nitrogens with two attached hydrogens (primary N) is 1. The van der Waals surface area contributed by atoms with E-state index < -0.39 is 0 Å². The molecule has 1 aromatic carbocycles. The highest BCUT2D eigenvalue weighted by atomic mass is 14.9. The molecule has 0 aromatic heterocycles. The van der Waals surface area contributed by atoms with Crippen molar-refractivity contribution in [1.82, 2.24) is 5.32 Å². The summed E-state index contributed by atoms with van der Waals surface area (Å²) in [5, 5.41) is 3.59. The summed E-state index contributed by atoms with van der Waals surface area (Å²) in [5.41, 5.74) is 7.14. The van der Waals surface area contributed by atoms with Crippen LogP contribution in [-0.2, 0) is 5.41 Å². The van der Waals surface area contributed by atoms with Crippen LogP contribution in [0.2, 0.25) is 0 Å². The zero-order valence-electron chi connectivity index (χ0n) is 12.1. The van der Waals surface area contributed by atoms with Crippen molar-refractivity contribution in [2.24, 2.45) is 5.73 Å². The molecule has 1 aromatic rings. The molecule has 0 fully saturated rings. The van der Waals surface area contributed by atoms with E-state index in [-0.39, 0.29) is 5.41 Å². The highest BCUT2D eigenvalue weighted by molar-refractivity contribution is 5.23. The largest absolute Gasteiger partial charge is 0.330 e. The van der Waals surface area contributed by atoms with Gasteiger partial charge in [0.15, 0.2) is 0 Å².